The molecule has 2 aromatic heterocycles. The molecule has 0 bridgehead atoms. The molecular weight excluding hydrogens is 308 g/mol. The topological polar surface area (TPSA) is 73.4 Å². The van der Waals surface area contributed by atoms with Gasteiger partial charge in [-0.3, -0.25) is 9.48 Å². The maximum Gasteiger partial charge on any atom is 0.259 e. The van der Waals surface area contributed by atoms with Gasteiger partial charge < -0.3 is 14.2 Å². The second kappa shape index (κ2) is 6.05. The zero-order valence-corrected chi connectivity index (χ0v) is 14.1. The van der Waals surface area contributed by atoms with Crippen LogP contribution < -0.4 is 0 Å². The number of hydrogen-bond donors (Lipinski definition) is 0. The Balaban J connectivity index is 1.60. The van der Waals surface area contributed by atoms with Crippen molar-refractivity contribution < 1.29 is 14.1 Å². The van der Waals surface area contributed by atoms with E-state index < -0.39 is 0 Å². The van der Waals surface area contributed by atoms with Crippen molar-refractivity contribution in [3.05, 3.63) is 35.0 Å². The van der Waals surface area contributed by atoms with E-state index >= 15 is 0 Å². The zero-order valence-electron chi connectivity index (χ0n) is 14.1. The van der Waals surface area contributed by atoms with Gasteiger partial charge in [0.1, 0.15) is 11.3 Å². The number of aryl methyl sites for hydroxylation is 2. The maximum absolute atomic E-state index is 13.0. The first-order valence-electron chi connectivity index (χ1n) is 8.46. The quantitative estimate of drug-likeness (QED) is 0.837. The highest BCUT2D eigenvalue weighted by atomic mass is 16.5. The average Bonchev–Trinajstić information content (AvgIpc) is 3.18. The van der Waals surface area contributed by atoms with Crippen molar-refractivity contribution in [1.82, 2.24) is 19.8 Å². The Morgan fingerprint density at radius 2 is 2.21 bits per heavy atom. The summed E-state index contributed by atoms with van der Waals surface area (Å²) in [5, 5.41) is 8.11. The number of rotatable bonds is 5. The van der Waals surface area contributed by atoms with E-state index in [-0.39, 0.29) is 11.9 Å². The molecule has 1 aliphatic carbocycles. The number of fused-ring (bicyclic) bond motifs is 1. The summed E-state index contributed by atoms with van der Waals surface area (Å²) in [6, 6.07) is -0.123. The van der Waals surface area contributed by atoms with Gasteiger partial charge in [0.05, 0.1) is 30.7 Å². The Kier molecular flexibility index (Phi) is 3.88. The van der Waals surface area contributed by atoms with Crippen LogP contribution in [0, 0.1) is 12.8 Å². The van der Waals surface area contributed by atoms with E-state index in [9.17, 15) is 4.79 Å². The number of aromatic nitrogens is 3. The number of carbonyl (C=O) groups excluding carboxylic acids is 1. The molecule has 1 unspecified atom stereocenters. The molecule has 7 heteroatoms. The molecule has 128 valence electrons. The van der Waals surface area contributed by atoms with Crippen LogP contribution in [0.15, 0.2) is 16.9 Å². The molecule has 0 saturated heterocycles. The minimum absolute atomic E-state index is 0.0550. The summed E-state index contributed by atoms with van der Waals surface area (Å²) in [6.45, 7) is 3.69. The van der Waals surface area contributed by atoms with Crippen LogP contribution in [0.1, 0.15) is 46.3 Å². The number of nitrogens with zero attached hydrogens (tertiary/aromatic N) is 4. The van der Waals surface area contributed by atoms with Crippen molar-refractivity contribution in [1.29, 1.82) is 0 Å². The first kappa shape index (κ1) is 15.4. The minimum atomic E-state index is -0.123. The van der Waals surface area contributed by atoms with E-state index in [2.05, 4.69) is 10.3 Å². The van der Waals surface area contributed by atoms with Gasteiger partial charge in [-0.25, -0.2) is 0 Å². The fourth-order valence-corrected chi connectivity index (χ4v) is 3.36. The van der Waals surface area contributed by atoms with Gasteiger partial charge in [-0.05, 0) is 37.7 Å². The average molecular weight is 330 g/mol. The van der Waals surface area contributed by atoms with Crippen molar-refractivity contribution in [2.24, 2.45) is 13.0 Å². The van der Waals surface area contributed by atoms with E-state index in [1.807, 2.05) is 22.8 Å². The molecular formula is C17H22N4O3. The largest absolute Gasteiger partial charge is 0.379 e. The lowest BCUT2D eigenvalue weighted by Crippen LogP contribution is -2.43. The van der Waals surface area contributed by atoms with Gasteiger partial charge in [0.25, 0.3) is 5.91 Å². The van der Waals surface area contributed by atoms with Crippen molar-refractivity contribution in [2.45, 2.75) is 32.2 Å². The summed E-state index contributed by atoms with van der Waals surface area (Å²) < 4.78 is 12.9. The lowest BCUT2D eigenvalue weighted by atomic mass is 9.99. The van der Waals surface area contributed by atoms with Gasteiger partial charge in [0.15, 0.2) is 0 Å². The van der Waals surface area contributed by atoms with E-state index in [1.54, 1.807) is 6.92 Å². The number of amides is 1. The van der Waals surface area contributed by atoms with E-state index in [0.29, 0.717) is 30.4 Å². The molecule has 0 radical (unpaired) electrons. The molecule has 2 aromatic rings. The zero-order chi connectivity index (χ0) is 16.7. The molecule has 1 aliphatic heterocycles. The third-order valence-electron chi connectivity index (χ3n) is 4.95. The Labute approximate surface area is 140 Å². The van der Waals surface area contributed by atoms with Crippen molar-refractivity contribution in [3.63, 3.8) is 0 Å². The Morgan fingerprint density at radius 1 is 1.38 bits per heavy atom. The third-order valence-corrected chi connectivity index (χ3v) is 4.95. The summed E-state index contributed by atoms with van der Waals surface area (Å²) >= 11 is 0. The number of hydrogen-bond acceptors (Lipinski definition) is 5. The van der Waals surface area contributed by atoms with Crippen LogP contribution in [0.3, 0.4) is 0 Å². The fraction of sp³-hybridized carbons (Fsp3) is 0.588. The molecule has 4 rings (SSSR count). The molecule has 7 nitrogen and oxygen atoms in total. The van der Waals surface area contributed by atoms with E-state index in [4.69, 9.17) is 9.26 Å². The number of ether oxygens (including phenoxy) is 1. The van der Waals surface area contributed by atoms with Gasteiger partial charge in [0, 0.05) is 20.2 Å². The summed E-state index contributed by atoms with van der Waals surface area (Å²) in [7, 11) is 1.92. The summed E-state index contributed by atoms with van der Waals surface area (Å²) in [6.07, 6.45) is 6.71. The molecule has 0 aromatic carbocycles. The Bertz CT molecular complexity index is 747. The van der Waals surface area contributed by atoms with Crippen LogP contribution in [-0.2, 0) is 18.2 Å². The fourth-order valence-electron chi connectivity index (χ4n) is 3.36. The normalized spacial score (nSPS) is 20.2. The second-order valence-electron chi connectivity index (χ2n) is 6.72. The molecule has 0 spiro atoms. The van der Waals surface area contributed by atoms with E-state index in [1.165, 1.54) is 24.6 Å². The first-order valence-corrected chi connectivity index (χ1v) is 8.46. The van der Waals surface area contributed by atoms with Crippen LogP contribution in [-0.4, -0.2) is 45.5 Å². The van der Waals surface area contributed by atoms with Gasteiger partial charge >= 0.3 is 0 Å². The van der Waals surface area contributed by atoms with Gasteiger partial charge in [-0.15, -0.1) is 0 Å². The lowest BCUT2D eigenvalue weighted by molar-refractivity contribution is 0.0347. The van der Waals surface area contributed by atoms with Crippen molar-refractivity contribution in [3.8, 4) is 0 Å². The SMILES string of the molecule is Cc1oncc1C(=O)N1CCc2cnn(C)c2C1COCC1CC1. The summed E-state index contributed by atoms with van der Waals surface area (Å²) in [5.41, 5.74) is 2.79. The monoisotopic (exact) mass is 330 g/mol. The molecule has 1 fully saturated rings. The first-order chi connectivity index (χ1) is 11.6. The van der Waals surface area contributed by atoms with Crippen LogP contribution in [0.4, 0.5) is 0 Å². The Hall–Kier alpha value is -2.15. The third kappa shape index (κ3) is 2.73. The maximum atomic E-state index is 13.0. The van der Waals surface area contributed by atoms with Gasteiger partial charge in [0.2, 0.25) is 0 Å². The van der Waals surface area contributed by atoms with E-state index in [0.717, 1.165) is 18.7 Å². The highest BCUT2D eigenvalue weighted by Crippen LogP contribution is 2.33. The molecule has 1 atom stereocenters. The molecule has 1 saturated carbocycles. The smallest absolute Gasteiger partial charge is 0.259 e. The highest BCUT2D eigenvalue weighted by Gasteiger charge is 2.35. The summed E-state index contributed by atoms with van der Waals surface area (Å²) in [5.74, 6) is 1.19. The highest BCUT2D eigenvalue weighted by molar-refractivity contribution is 5.95. The minimum Gasteiger partial charge on any atom is -0.379 e. The molecule has 2 aliphatic rings. The molecule has 3 heterocycles. The predicted molar refractivity (Wildman–Crippen MR) is 85.5 cm³/mol. The second-order valence-corrected chi connectivity index (χ2v) is 6.72. The van der Waals surface area contributed by atoms with Crippen LogP contribution in [0.2, 0.25) is 0 Å². The molecule has 0 N–H and O–H groups in total. The van der Waals surface area contributed by atoms with Gasteiger partial charge in [-0.2, -0.15) is 5.10 Å². The van der Waals surface area contributed by atoms with Crippen molar-refractivity contribution >= 4 is 5.91 Å². The standard InChI is InChI=1S/C17H22N4O3/c1-11-14(8-19-24-11)17(22)21-6-5-13-7-18-20(2)16(13)15(21)10-23-9-12-3-4-12/h7-8,12,15H,3-6,9-10H2,1-2H3. The van der Waals surface area contributed by atoms with Crippen LogP contribution in [0.25, 0.3) is 0 Å². The van der Waals surface area contributed by atoms with Crippen LogP contribution >= 0.6 is 0 Å². The Morgan fingerprint density at radius 3 is 2.92 bits per heavy atom. The lowest BCUT2D eigenvalue weighted by Gasteiger charge is -2.35. The molecule has 1 amide bonds. The molecule has 24 heavy (non-hydrogen) atoms. The van der Waals surface area contributed by atoms with Crippen molar-refractivity contribution in [2.75, 3.05) is 19.8 Å². The number of carbonyl (C=O) groups is 1. The van der Waals surface area contributed by atoms with Gasteiger partial charge in [-0.1, -0.05) is 5.16 Å². The van der Waals surface area contributed by atoms with Crippen LogP contribution in [0.5, 0.6) is 0 Å². The predicted octanol–water partition coefficient (Wildman–Crippen LogP) is 1.88. The summed E-state index contributed by atoms with van der Waals surface area (Å²) in [4.78, 5) is 14.9.